The zero-order chi connectivity index (χ0) is 17.8. The van der Waals surface area contributed by atoms with Crippen molar-refractivity contribution in [2.75, 3.05) is 20.2 Å². The van der Waals surface area contributed by atoms with E-state index in [1.165, 1.54) is 5.56 Å². The number of benzene rings is 1. The summed E-state index contributed by atoms with van der Waals surface area (Å²) in [5, 5.41) is 4.21. The van der Waals surface area contributed by atoms with E-state index in [1.54, 1.807) is 19.5 Å². The smallest absolute Gasteiger partial charge is 0.258 e. The van der Waals surface area contributed by atoms with Crippen molar-refractivity contribution in [1.29, 1.82) is 0 Å². The lowest BCUT2D eigenvalue weighted by Gasteiger charge is -2.30. The Labute approximate surface area is 152 Å². The summed E-state index contributed by atoms with van der Waals surface area (Å²) in [6.45, 7) is 3.04. The molecule has 0 spiro atoms. The van der Waals surface area contributed by atoms with Crippen LogP contribution in [0, 0.1) is 0 Å². The second-order valence-corrected chi connectivity index (χ2v) is 6.59. The van der Waals surface area contributed by atoms with Crippen LogP contribution in [0.4, 0.5) is 0 Å². The van der Waals surface area contributed by atoms with Crippen molar-refractivity contribution in [1.82, 2.24) is 20.0 Å². The van der Waals surface area contributed by atoms with Crippen LogP contribution >= 0.6 is 0 Å². The molecule has 0 atom stereocenters. The molecule has 0 bridgehead atoms. The first-order valence-corrected chi connectivity index (χ1v) is 8.91. The highest BCUT2D eigenvalue weighted by molar-refractivity contribution is 5.51. The molecular weight excluding hydrogens is 328 g/mol. The molecule has 1 fully saturated rings. The van der Waals surface area contributed by atoms with Crippen molar-refractivity contribution in [2.45, 2.75) is 25.3 Å². The van der Waals surface area contributed by atoms with E-state index in [0.717, 1.165) is 49.6 Å². The molecule has 1 aliphatic rings. The second kappa shape index (κ2) is 7.66. The topological polar surface area (TPSA) is 64.3 Å². The van der Waals surface area contributed by atoms with Crippen molar-refractivity contribution >= 4 is 0 Å². The summed E-state index contributed by atoms with van der Waals surface area (Å²) in [6, 6.07) is 12.1. The number of methoxy groups -OCH3 is 1. The van der Waals surface area contributed by atoms with Gasteiger partial charge in [0.05, 0.1) is 7.11 Å². The number of nitrogens with zero attached hydrogens (tertiary/aromatic N) is 4. The highest BCUT2D eigenvalue weighted by Gasteiger charge is 2.25. The van der Waals surface area contributed by atoms with Gasteiger partial charge >= 0.3 is 0 Å². The van der Waals surface area contributed by atoms with Crippen LogP contribution in [0.2, 0.25) is 0 Å². The third-order valence-electron chi connectivity index (χ3n) is 4.89. The monoisotopic (exact) mass is 350 g/mol. The van der Waals surface area contributed by atoms with Crippen LogP contribution in [-0.2, 0) is 6.54 Å². The molecule has 0 radical (unpaired) electrons. The molecule has 1 saturated heterocycles. The molecule has 3 heterocycles. The molecule has 0 saturated carbocycles. The van der Waals surface area contributed by atoms with Gasteiger partial charge in [0.1, 0.15) is 5.75 Å². The predicted molar refractivity (Wildman–Crippen MR) is 97.8 cm³/mol. The third-order valence-corrected chi connectivity index (χ3v) is 4.89. The molecule has 4 rings (SSSR count). The molecule has 0 N–H and O–H groups in total. The summed E-state index contributed by atoms with van der Waals surface area (Å²) in [5.74, 6) is 2.65. The van der Waals surface area contributed by atoms with Gasteiger partial charge in [-0.1, -0.05) is 17.3 Å². The van der Waals surface area contributed by atoms with Gasteiger partial charge in [-0.2, -0.15) is 4.98 Å². The largest absolute Gasteiger partial charge is 0.497 e. The van der Waals surface area contributed by atoms with Gasteiger partial charge in [0.15, 0.2) is 5.82 Å². The van der Waals surface area contributed by atoms with Crippen LogP contribution in [0.25, 0.3) is 11.5 Å². The molecule has 0 unspecified atom stereocenters. The third kappa shape index (κ3) is 3.75. The number of pyridine rings is 1. The van der Waals surface area contributed by atoms with Crippen LogP contribution in [0.5, 0.6) is 5.75 Å². The standard InChI is InChI=1S/C20H22N4O2/c1-25-18-4-2-15(3-5-18)14-24-12-8-16(9-13-24)19-22-20(26-23-19)17-6-10-21-11-7-17/h2-7,10-11,16H,8-9,12-14H2,1H3. The Bertz CT molecular complexity index is 825. The van der Waals surface area contributed by atoms with E-state index >= 15 is 0 Å². The minimum atomic E-state index is 0.362. The lowest BCUT2D eigenvalue weighted by molar-refractivity contribution is 0.200. The average Bonchev–Trinajstić information content (AvgIpc) is 3.20. The molecule has 26 heavy (non-hydrogen) atoms. The fraction of sp³-hybridized carbons (Fsp3) is 0.350. The number of piperidine rings is 1. The van der Waals surface area contributed by atoms with Gasteiger partial charge in [0.2, 0.25) is 0 Å². The highest BCUT2D eigenvalue weighted by Crippen LogP contribution is 2.28. The van der Waals surface area contributed by atoms with E-state index in [0.29, 0.717) is 11.8 Å². The van der Waals surface area contributed by atoms with Crippen molar-refractivity contribution in [3.8, 4) is 17.2 Å². The van der Waals surface area contributed by atoms with Crippen LogP contribution in [-0.4, -0.2) is 40.2 Å². The molecule has 0 amide bonds. The first kappa shape index (κ1) is 16.7. The van der Waals surface area contributed by atoms with E-state index in [-0.39, 0.29) is 0 Å². The molecule has 3 aromatic rings. The summed E-state index contributed by atoms with van der Waals surface area (Å²) in [5.41, 5.74) is 2.22. The van der Waals surface area contributed by atoms with Gasteiger partial charge in [-0.05, 0) is 55.8 Å². The Balaban J connectivity index is 1.34. The van der Waals surface area contributed by atoms with Crippen LogP contribution < -0.4 is 4.74 Å². The van der Waals surface area contributed by atoms with Crippen molar-refractivity contribution in [3.63, 3.8) is 0 Å². The maximum absolute atomic E-state index is 5.43. The predicted octanol–water partition coefficient (Wildman–Crippen LogP) is 3.52. The van der Waals surface area contributed by atoms with E-state index in [4.69, 9.17) is 9.26 Å². The average molecular weight is 350 g/mol. The number of rotatable bonds is 5. The first-order chi connectivity index (χ1) is 12.8. The van der Waals surface area contributed by atoms with Crippen LogP contribution in [0.15, 0.2) is 53.3 Å². The van der Waals surface area contributed by atoms with E-state index in [2.05, 4.69) is 32.2 Å². The SMILES string of the molecule is COc1ccc(CN2CCC(c3noc(-c4ccncc4)n3)CC2)cc1. The van der Waals surface area contributed by atoms with Crippen LogP contribution in [0.3, 0.4) is 0 Å². The molecule has 2 aromatic heterocycles. The summed E-state index contributed by atoms with van der Waals surface area (Å²) in [4.78, 5) is 11.1. The van der Waals surface area contributed by atoms with Gasteiger partial charge in [-0.15, -0.1) is 0 Å². The molecule has 0 aliphatic carbocycles. The molecule has 1 aromatic carbocycles. The molecule has 134 valence electrons. The van der Waals surface area contributed by atoms with Gasteiger partial charge in [0.25, 0.3) is 5.89 Å². The summed E-state index contributed by atoms with van der Waals surface area (Å²) >= 11 is 0. The Morgan fingerprint density at radius 3 is 2.50 bits per heavy atom. The van der Waals surface area contributed by atoms with Crippen molar-refractivity contribution in [3.05, 3.63) is 60.2 Å². The van der Waals surface area contributed by atoms with Gasteiger partial charge in [0, 0.05) is 30.4 Å². The summed E-state index contributed by atoms with van der Waals surface area (Å²) < 4.78 is 10.7. The van der Waals surface area contributed by atoms with Gasteiger partial charge < -0.3 is 9.26 Å². The Kier molecular flexibility index (Phi) is 4.93. The fourth-order valence-electron chi connectivity index (χ4n) is 3.35. The lowest BCUT2D eigenvalue weighted by Crippen LogP contribution is -2.32. The molecular formula is C20H22N4O2. The lowest BCUT2D eigenvalue weighted by atomic mass is 9.96. The zero-order valence-corrected chi connectivity index (χ0v) is 14.8. The molecule has 1 aliphatic heterocycles. The fourth-order valence-corrected chi connectivity index (χ4v) is 3.35. The maximum atomic E-state index is 5.43. The number of likely N-dealkylation sites (tertiary alicyclic amines) is 1. The summed E-state index contributed by atoms with van der Waals surface area (Å²) in [7, 11) is 1.69. The highest BCUT2D eigenvalue weighted by atomic mass is 16.5. The second-order valence-electron chi connectivity index (χ2n) is 6.59. The van der Waals surface area contributed by atoms with Crippen molar-refractivity contribution < 1.29 is 9.26 Å². The molecule has 6 heteroatoms. The zero-order valence-electron chi connectivity index (χ0n) is 14.8. The normalized spacial score (nSPS) is 15.9. The number of aromatic nitrogens is 3. The summed E-state index contributed by atoms with van der Waals surface area (Å²) in [6.07, 6.45) is 5.56. The van der Waals surface area contributed by atoms with E-state index < -0.39 is 0 Å². The Morgan fingerprint density at radius 2 is 1.81 bits per heavy atom. The first-order valence-electron chi connectivity index (χ1n) is 8.91. The van der Waals surface area contributed by atoms with E-state index in [1.807, 2.05) is 24.3 Å². The van der Waals surface area contributed by atoms with Gasteiger partial charge in [-0.25, -0.2) is 0 Å². The quantitative estimate of drug-likeness (QED) is 0.701. The minimum absolute atomic E-state index is 0.362. The van der Waals surface area contributed by atoms with Crippen LogP contribution in [0.1, 0.15) is 30.1 Å². The van der Waals surface area contributed by atoms with Crippen molar-refractivity contribution in [2.24, 2.45) is 0 Å². The molecule has 6 nitrogen and oxygen atoms in total. The number of hydrogen-bond acceptors (Lipinski definition) is 6. The maximum Gasteiger partial charge on any atom is 0.258 e. The van der Waals surface area contributed by atoms with E-state index in [9.17, 15) is 0 Å². The Hall–Kier alpha value is -2.73. The number of hydrogen-bond donors (Lipinski definition) is 0. The Morgan fingerprint density at radius 1 is 1.08 bits per heavy atom. The minimum Gasteiger partial charge on any atom is -0.497 e. The number of ether oxygens (including phenoxy) is 1. The van der Waals surface area contributed by atoms with Gasteiger partial charge in [-0.3, -0.25) is 9.88 Å².